The van der Waals surface area contributed by atoms with Crippen LogP contribution in [-0.4, -0.2) is 10.7 Å². The number of halogens is 1. The number of nitrogens with zero attached hydrogens (tertiary/aromatic N) is 3. The van der Waals surface area contributed by atoms with Crippen LogP contribution in [0.2, 0.25) is 0 Å². The van der Waals surface area contributed by atoms with Gasteiger partial charge in [-0.2, -0.15) is 5.10 Å². The molecule has 4 aromatic rings. The fraction of sp³-hybridized carbons (Fsp3) is 0.286. The first-order valence-corrected chi connectivity index (χ1v) is 13.7. The maximum atomic E-state index is 13.6. The summed E-state index contributed by atoms with van der Waals surface area (Å²) in [5, 5.41) is 12.1. The number of hydrazone groups is 1. The lowest BCUT2D eigenvalue weighted by molar-refractivity contribution is 0.443. The highest BCUT2D eigenvalue weighted by atomic mass is 32.1. The lowest BCUT2D eigenvalue weighted by atomic mass is 9.84. The van der Waals surface area contributed by atoms with E-state index in [1.54, 1.807) is 22.7 Å². The summed E-state index contributed by atoms with van der Waals surface area (Å²) in [4.78, 5) is 6.15. The van der Waals surface area contributed by atoms with Crippen molar-refractivity contribution in [1.29, 1.82) is 0 Å². The molecular weight excluding hydrogens is 461 g/mol. The number of thiophene rings is 1. The summed E-state index contributed by atoms with van der Waals surface area (Å²) in [6, 6.07) is 19.9. The SMILES string of the molecule is Fc1ccc([C@@H]2CC(c3cccs3)=NN2c2nc(-c3ccc(C4CCCCC4)cc3)cs2)cc1. The third kappa shape index (κ3) is 4.32. The van der Waals surface area contributed by atoms with E-state index in [9.17, 15) is 4.39 Å². The van der Waals surface area contributed by atoms with Crippen LogP contribution in [-0.2, 0) is 0 Å². The summed E-state index contributed by atoms with van der Waals surface area (Å²) in [5.41, 5.74) is 5.68. The fourth-order valence-electron chi connectivity index (χ4n) is 5.09. The van der Waals surface area contributed by atoms with Gasteiger partial charge in [-0.1, -0.05) is 61.7 Å². The Balaban J connectivity index is 1.28. The lowest BCUT2D eigenvalue weighted by Crippen LogP contribution is -2.18. The van der Waals surface area contributed by atoms with Gasteiger partial charge in [-0.25, -0.2) is 14.4 Å². The van der Waals surface area contributed by atoms with E-state index in [0.717, 1.165) is 34.1 Å². The number of rotatable bonds is 5. The summed E-state index contributed by atoms with van der Waals surface area (Å²) in [6.07, 6.45) is 7.47. The smallest absolute Gasteiger partial charge is 0.207 e. The zero-order valence-corrected chi connectivity index (χ0v) is 20.5. The number of aromatic nitrogens is 1. The molecule has 3 nitrogen and oxygen atoms in total. The van der Waals surface area contributed by atoms with Crippen molar-refractivity contribution in [1.82, 2.24) is 4.98 Å². The Bertz CT molecular complexity index is 1270. The summed E-state index contributed by atoms with van der Waals surface area (Å²) >= 11 is 3.31. The van der Waals surface area contributed by atoms with Gasteiger partial charge in [0.1, 0.15) is 5.82 Å². The van der Waals surface area contributed by atoms with Crippen molar-refractivity contribution in [2.75, 3.05) is 5.01 Å². The molecule has 0 N–H and O–H groups in total. The Morgan fingerprint density at radius 1 is 0.853 bits per heavy atom. The van der Waals surface area contributed by atoms with Gasteiger partial charge in [-0.05, 0) is 53.5 Å². The van der Waals surface area contributed by atoms with E-state index in [2.05, 4.69) is 47.2 Å². The maximum absolute atomic E-state index is 13.6. The molecule has 6 rings (SSSR count). The lowest BCUT2D eigenvalue weighted by Gasteiger charge is -2.22. The van der Waals surface area contributed by atoms with Crippen molar-refractivity contribution >= 4 is 33.5 Å². The predicted octanol–water partition coefficient (Wildman–Crippen LogP) is 8.41. The van der Waals surface area contributed by atoms with Gasteiger partial charge < -0.3 is 0 Å². The van der Waals surface area contributed by atoms with E-state index in [4.69, 9.17) is 10.1 Å². The predicted molar refractivity (Wildman–Crippen MR) is 140 cm³/mol. The number of thiazole rings is 1. The van der Waals surface area contributed by atoms with Crippen molar-refractivity contribution in [3.8, 4) is 11.3 Å². The van der Waals surface area contributed by atoms with Crippen LogP contribution in [0.5, 0.6) is 0 Å². The average molecular weight is 488 g/mol. The van der Waals surface area contributed by atoms with E-state index in [1.165, 1.54) is 54.7 Å². The summed E-state index contributed by atoms with van der Waals surface area (Å²) in [6.45, 7) is 0. The molecule has 2 aliphatic rings. The van der Waals surface area contributed by atoms with Crippen LogP contribution in [0, 0.1) is 5.82 Å². The summed E-state index contributed by atoms with van der Waals surface area (Å²) < 4.78 is 13.6. The maximum Gasteiger partial charge on any atom is 0.207 e. The van der Waals surface area contributed by atoms with Gasteiger partial charge in [-0.15, -0.1) is 22.7 Å². The van der Waals surface area contributed by atoms with E-state index >= 15 is 0 Å². The number of hydrogen-bond acceptors (Lipinski definition) is 5. The average Bonchev–Trinajstić information content (AvgIpc) is 3.66. The Morgan fingerprint density at radius 2 is 1.62 bits per heavy atom. The van der Waals surface area contributed by atoms with Crippen molar-refractivity contribution in [2.45, 2.75) is 50.5 Å². The van der Waals surface area contributed by atoms with E-state index in [1.807, 2.05) is 17.1 Å². The zero-order valence-electron chi connectivity index (χ0n) is 18.9. The van der Waals surface area contributed by atoms with Gasteiger partial charge in [0, 0.05) is 17.4 Å². The van der Waals surface area contributed by atoms with E-state index < -0.39 is 0 Å². The molecule has 172 valence electrons. The van der Waals surface area contributed by atoms with Crippen LogP contribution in [0.25, 0.3) is 11.3 Å². The minimum absolute atomic E-state index is 0.00498. The molecule has 0 saturated heterocycles. The largest absolute Gasteiger partial charge is 0.231 e. The minimum atomic E-state index is -0.221. The minimum Gasteiger partial charge on any atom is -0.231 e. The van der Waals surface area contributed by atoms with Crippen LogP contribution in [0.4, 0.5) is 9.52 Å². The highest BCUT2D eigenvalue weighted by Gasteiger charge is 2.32. The fourth-order valence-corrected chi connectivity index (χ4v) is 6.64. The van der Waals surface area contributed by atoms with Crippen LogP contribution in [0.3, 0.4) is 0 Å². The molecule has 1 atom stereocenters. The molecule has 1 aliphatic carbocycles. The molecule has 0 unspecified atom stereocenters. The molecule has 1 aliphatic heterocycles. The van der Waals surface area contributed by atoms with E-state index in [0.29, 0.717) is 5.92 Å². The van der Waals surface area contributed by atoms with Crippen molar-refractivity contribution in [2.24, 2.45) is 5.10 Å². The Kier molecular flexibility index (Phi) is 6.02. The van der Waals surface area contributed by atoms with Crippen LogP contribution >= 0.6 is 22.7 Å². The second-order valence-electron chi connectivity index (χ2n) is 9.11. The Hall–Kier alpha value is -2.83. The molecule has 0 spiro atoms. The van der Waals surface area contributed by atoms with Gasteiger partial charge in [0.05, 0.1) is 22.3 Å². The first-order chi connectivity index (χ1) is 16.7. The summed E-state index contributed by atoms with van der Waals surface area (Å²) in [5.74, 6) is 0.487. The molecule has 6 heteroatoms. The Labute approximate surface area is 207 Å². The first-order valence-electron chi connectivity index (χ1n) is 12.0. The van der Waals surface area contributed by atoms with E-state index in [-0.39, 0.29) is 11.9 Å². The molecule has 34 heavy (non-hydrogen) atoms. The van der Waals surface area contributed by atoms with Crippen LogP contribution in [0.1, 0.15) is 66.5 Å². The van der Waals surface area contributed by atoms with Gasteiger partial charge in [0.25, 0.3) is 0 Å². The number of benzene rings is 2. The van der Waals surface area contributed by atoms with Crippen molar-refractivity contribution in [3.05, 3.63) is 93.2 Å². The first kappa shape index (κ1) is 21.7. The third-order valence-corrected chi connectivity index (χ3v) is 8.69. The normalized spacial score (nSPS) is 18.9. The van der Waals surface area contributed by atoms with Gasteiger partial charge in [0.2, 0.25) is 5.13 Å². The van der Waals surface area contributed by atoms with Gasteiger partial charge in [-0.3, -0.25) is 0 Å². The zero-order chi connectivity index (χ0) is 22.9. The molecular formula is C28H26FN3S2. The number of hydrogen-bond donors (Lipinski definition) is 0. The van der Waals surface area contributed by atoms with Crippen LogP contribution in [0.15, 0.2) is 76.5 Å². The van der Waals surface area contributed by atoms with Gasteiger partial charge in [0.15, 0.2) is 0 Å². The molecule has 3 heterocycles. The summed E-state index contributed by atoms with van der Waals surface area (Å²) in [7, 11) is 0. The van der Waals surface area contributed by atoms with Crippen molar-refractivity contribution < 1.29 is 4.39 Å². The second kappa shape index (κ2) is 9.43. The van der Waals surface area contributed by atoms with Crippen molar-refractivity contribution in [3.63, 3.8) is 0 Å². The second-order valence-corrected chi connectivity index (χ2v) is 10.9. The molecule has 2 aromatic heterocycles. The molecule has 1 fully saturated rings. The van der Waals surface area contributed by atoms with Gasteiger partial charge >= 0.3 is 0 Å². The topological polar surface area (TPSA) is 28.5 Å². The highest BCUT2D eigenvalue weighted by molar-refractivity contribution is 7.14. The standard InChI is InChI=1S/C28H26FN3S2/c29-23-14-12-22(13-15-23)26-17-24(27-7-4-16-33-27)31-32(26)28-30-25(18-34-28)21-10-8-20(9-11-21)19-5-2-1-3-6-19/h4,7-16,18-19,26H,1-3,5-6,17H2/t26-/m0/s1. The molecule has 0 bridgehead atoms. The molecule has 0 amide bonds. The molecule has 1 saturated carbocycles. The molecule has 0 radical (unpaired) electrons. The Morgan fingerprint density at radius 3 is 2.35 bits per heavy atom. The quantitative estimate of drug-likeness (QED) is 0.283. The van der Waals surface area contributed by atoms with Crippen LogP contribution < -0.4 is 5.01 Å². The number of anilines is 1. The molecule has 2 aromatic carbocycles. The third-order valence-electron chi connectivity index (χ3n) is 6.94. The highest BCUT2D eigenvalue weighted by Crippen LogP contribution is 2.40. The monoisotopic (exact) mass is 487 g/mol.